The number of carbonyl (C=O) groups is 3. The number of unbranched alkanes of at least 4 members (excludes halogenated alkanes) is 33. The van der Waals surface area contributed by atoms with Crippen LogP contribution in [0.4, 0.5) is 0 Å². The summed E-state index contributed by atoms with van der Waals surface area (Å²) < 4.78 is 16.8. The maximum atomic E-state index is 12.8. The van der Waals surface area contributed by atoms with Gasteiger partial charge in [0.2, 0.25) is 0 Å². The molecule has 0 aromatic heterocycles. The van der Waals surface area contributed by atoms with Crippen LogP contribution in [-0.2, 0) is 28.6 Å². The van der Waals surface area contributed by atoms with Crippen LogP contribution in [0.15, 0.2) is 0 Å². The molecule has 0 atom stereocenters. The molecular formula is C55H108N2O7. The first kappa shape index (κ1) is 62.3. The highest BCUT2D eigenvalue weighted by atomic mass is 16.5. The SMILES string of the molecule is CCCCCCCCCCCCCCOC(=O)CCN(CCO)CCN(CCC(=O)OCCCCCCCCCCCCCC)CCC(=O)OCCCCCCCCCCCCCC. The van der Waals surface area contributed by atoms with E-state index in [2.05, 4.69) is 30.6 Å². The van der Waals surface area contributed by atoms with Crippen LogP contribution < -0.4 is 0 Å². The zero-order chi connectivity index (χ0) is 46.7. The van der Waals surface area contributed by atoms with Crippen molar-refractivity contribution in [1.82, 2.24) is 9.80 Å². The Hall–Kier alpha value is -1.71. The normalized spacial score (nSPS) is 11.5. The third-order valence-corrected chi connectivity index (χ3v) is 12.8. The minimum atomic E-state index is -0.203. The van der Waals surface area contributed by atoms with Crippen LogP contribution in [0.2, 0.25) is 0 Å². The summed E-state index contributed by atoms with van der Waals surface area (Å²) in [7, 11) is 0. The molecule has 0 heterocycles. The molecule has 9 heteroatoms. The number of aliphatic hydroxyl groups is 1. The Labute approximate surface area is 397 Å². The molecule has 9 nitrogen and oxygen atoms in total. The van der Waals surface area contributed by atoms with Crippen molar-refractivity contribution < 1.29 is 33.7 Å². The summed E-state index contributed by atoms with van der Waals surface area (Å²) in [5.41, 5.74) is 0. The van der Waals surface area contributed by atoms with Gasteiger partial charge in [0, 0.05) is 39.3 Å². The smallest absolute Gasteiger partial charge is 0.307 e. The minimum Gasteiger partial charge on any atom is -0.466 e. The molecule has 0 unspecified atom stereocenters. The topological polar surface area (TPSA) is 106 Å². The fourth-order valence-electron chi connectivity index (χ4n) is 8.45. The zero-order valence-electron chi connectivity index (χ0n) is 42.9. The fraction of sp³-hybridized carbons (Fsp3) is 0.945. The Bertz CT molecular complexity index is 936. The van der Waals surface area contributed by atoms with Crippen LogP contribution in [0, 0.1) is 0 Å². The van der Waals surface area contributed by atoms with E-state index in [1.807, 2.05) is 0 Å². The van der Waals surface area contributed by atoms with E-state index in [-0.39, 0.29) is 43.8 Å². The van der Waals surface area contributed by atoms with Crippen molar-refractivity contribution in [2.75, 3.05) is 65.7 Å². The second kappa shape index (κ2) is 52.3. The molecule has 0 radical (unpaired) electrons. The summed E-state index contributed by atoms with van der Waals surface area (Å²) in [6, 6.07) is 0. The lowest BCUT2D eigenvalue weighted by Crippen LogP contribution is -2.39. The Morgan fingerprint density at radius 2 is 0.500 bits per heavy atom. The number of aliphatic hydroxyl groups excluding tert-OH is 1. The molecule has 1 N–H and O–H groups in total. The van der Waals surface area contributed by atoms with Gasteiger partial charge in [-0.1, -0.05) is 233 Å². The van der Waals surface area contributed by atoms with Gasteiger partial charge in [0.05, 0.1) is 45.7 Å². The van der Waals surface area contributed by atoms with Crippen molar-refractivity contribution in [3.8, 4) is 0 Å². The number of hydrogen-bond donors (Lipinski definition) is 1. The number of carbonyl (C=O) groups excluding carboxylic acids is 3. The van der Waals surface area contributed by atoms with E-state index in [1.54, 1.807) is 0 Å². The Balaban J connectivity index is 4.58. The zero-order valence-corrected chi connectivity index (χ0v) is 42.9. The molecule has 0 saturated heterocycles. The van der Waals surface area contributed by atoms with Gasteiger partial charge in [0.15, 0.2) is 0 Å². The first-order chi connectivity index (χ1) is 31.5. The molecule has 0 aliphatic rings. The van der Waals surface area contributed by atoms with Gasteiger partial charge in [-0.05, 0) is 19.3 Å². The fourth-order valence-corrected chi connectivity index (χ4v) is 8.45. The molecule has 0 aliphatic carbocycles. The van der Waals surface area contributed by atoms with Crippen LogP contribution in [-0.4, -0.2) is 98.5 Å². The quantitative estimate of drug-likeness (QED) is 0.0363. The van der Waals surface area contributed by atoms with E-state index in [1.165, 1.54) is 193 Å². The Kier molecular flexibility index (Phi) is 50.9. The predicted octanol–water partition coefficient (Wildman–Crippen LogP) is 14.5. The van der Waals surface area contributed by atoms with Crippen LogP contribution in [0.1, 0.15) is 271 Å². The predicted molar refractivity (Wildman–Crippen MR) is 270 cm³/mol. The van der Waals surface area contributed by atoms with Crippen molar-refractivity contribution in [2.24, 2.45) is 0 Å². The summed E-state index contributed by atoms with van der Waals surface area (Å²) in [4.78, 5) is 42.3. The maximum absolute atomic E-state index is 12.8. The van der Waals surface area contributed by atoms with Gasteiger partial charge in [-0.3, -0.25) is 19.3 Å². The summed E-state index contributed by atoms with van der Waals surface area (Å²) >= 11 is 0. The molecule has 0 fully saturated rings. The highest BCUT2D eigenvalue weighted by molar-refractivity contribution is 5.70. The average molecular weight is 909 g/mol. The largest absolute Gasteiger partial charge is 0.466 e. The first-order valence-corrected chi connectivity index (χ1v) is 28.0. The van der Waals surface area contributed by atoms with E-state index in [0.29, 0.717) is 59.1 Å². The van der Waals surface area contributed by atoms with Crippen LogP contribution in [0.3, 0.4) is 0 Å². The number of nitrogens with zero attached hydrogens (tertiary/aromatic N) is 2. The molecule has 0 spiro atoms. The molecule has 0 aliphatic heterocycles. The molecule has 380 valence electrons. The third-order valence-electron chi connectivity index (χ3n) is 12.8. The number of rotatable bonds is 53. The second-order valence-electron chi connectivity index (χ2n) is 19.0. The van der Waals surface area contributed by atoms with Gasteiger partial charge in [-0.25, -0.2) is 0 Å². The van der Waals surface area contributed by atoms with E-state index in [4.69, 9.17) is 14.2 Å². The van der Waals surface area contributed by atoms with E-state index in [0.717, 1.165) is 38.5 Å². The standard InChI is InChI=1S/C55H108N2O7/c1-4-7-10-13-16-19-22-25-28-31-34-37-50-62-53(59)40-43-56(44-41-54(60)63-51-38-35-32-29-26-23-20-17-14-11-8-5-2)46-47-57(48-49-58)45-42-55(61)64-52-39-36-33-30-27-24-21-18-15-12-9-6-3/h58H,4-52H2,1-3H3. The summed E-state index contributed by atoms with van der Waals surface area (Å²) in [6.45, 7) is 11.3. The van der Waals surface area contributed by atoms with Crippen molar-refractivity contribution >= 4 is 17.9 Å². The molecule has 0 saturated carbocycles. The summed E-state index contributed by atoms with van der Waals surface area (Å²) in [5, 5.41) is 9.80. The number of hydrogen-bond acceptors (Lipinski definition) is 9. The minimum absolute atomic E-state index is 0.00912. The van der Waals surface area contributed by atoms with E-state index >= 15 is 0 Å². The lowest BCUT2D eigenvalue weighted by atomic mass is 10.1. The second-order valence-corrected chi connectivity index (χ2v) is 19.0. The van der Waals surface area contributed by atoms with Crippen LogP contribution in [0.5, 0.6) is 0 Å². The molecule has 0 amide bonds. The van der Waals surface area contributed by atoms with E-state index in [9.17, 15) is 19.5 Å². The lowest BCUT2D eigenvalue weighted by molar-refractivity contribution is -0.145. The molecule has 64 heavy (non-hydrogen) atoms. The van der Waals surface area contributed by atoms with Gasteiger partial charge in [0.1, 0.15) is 0 Å². The average Bonchev–Trinajstić information content (AvgIpc) is 3.29. The highest BCUT2D eigenvalue weighted by Crippen LogP contribution is 2.15. The molecule has 0 bridgehead atoms. The van der Waals surface area contributed by atoms with Crippen molar-refractivity contribution in [3.05, 3.63) is 0 Å². The molecule has 0 aromatic carbocycles. The molecule has 0 aromatic rings. The molecular weight excluding hydrogens is 801 g/mol. The van der Waals surface area contributed by atoms with Gasteiger partial charge in [-0.2, -0.15) is 0 Å². The summed E-state index contributed by atoms with van der Waals surface area (Å²) in [5.74, 6) is -0.605. The lowest BCUT2D eigenvalue weighted by Gasteiger charge is -2.27. The van der Waals surface area contributed by atoms with Crippen LogP contribution in [0.25, 0.3) is 0 Å². The Morgan fingerprint density at radius 3 is 0.719 bits per heavy atom. The van der Waals surface area contributed by atoms with Gasteiger partial charge in [0.25, 0.3) is 0 Å². The third kappa shape index (κ3) is 48.2. The monoisotopic (exact) mass is 909 g/mol. The summed E-state index contributed by atoms with van der Waals surface area (Å²) in [6.07, 6.45) is 46.5. The van der Waals surface area contributed by atoms with Gasteiger partial charge >= 0.3 is 17.9 Å². The van der Waals surface area contributed by atoms with Crippen LogP contribution >= 0.6 is 0 Å². The van der Waals surface area contributed by atoms with E-state index < -0.39 is 0 Å². The maximum Gasteiger partial charge on any atom is 0.307 e. The number of esters is 3. The highest BCUT2D eigenvalue weighted by Gasteiger charge is 2.16. The number of ether oxygens (including phenoxy) is 3. The van der Waals surface area contributed by atoms with Crippen molar-refractivity contribution in [3.63, 3.8) is 0 Å². The van der Waals surface area contributed by atoms with Gasteiger partial charge in [-0.15, -0.1) is 0 Å². The van der Waals surface area contributed by atoms with Crippen molar-refractivity contribution in [1.29, 1.82) is 0 Å². The molecule has 0 rings (SSSR count). The van der Waals surface area contributed by atoms with Gasteiger partial charge < -0.3 is 24.2 Å². The first-order valence-electron chi connectivity index (χ1n) is 28.0. The van der Waals surface area contributed by atoms with Crippen molar-refractivity contribution in [2.45, 2.75) is 271 Å². The Morgan fingerprint density at radius 1 is 0.297 bits per heavy atom.